The van der Waals surface area contributed by atoms with Gasteiger partial charge in [0.2, 0.25) is 0 Å². The van der Waals surface area contributed by atoms with Crippen molar-refractivity contribution in [3.63, 3.8) is 0 Å². The maximum atomic E-state index is 13.9. The van der Waals surface area contributed by atoms with Crippen molar-refractivity contribution >= 4 is 11.7 Å². The van der Waals surface area contributed by atoms with Crippen molar-refractivity contribution in [2.24, 2.45) is 0 Å². The first-order valence-electron chi connectivity index (χ1n) is 6.86. The Morgan fingerprint density at radius 3 is 2.79 bits per heavy atom. The lowest BCUT2D eigenvalue weighted by Crippen LogP contribution is -2.41. The van der Waals surface area contributed by atoms with Crippen LogP contribution >= 0.6 is 0 Å². The SMILES string of the molecule is CCN(C(=O)c1ccnc(N)c1F)C1CCCCC1. The van der Waals surface area contributed by atoms with Crippen LogP contribution in [0.2, 0.25) is 0 Å². The molecule has 5 heteroatoms. The average molecular weight is 265 g/mol. The molecule has 2 N–H and O–H groups in total. The summed E-state index contributed by atoms with van der Waals surface area (Å²) < 4.78 is 13.9. The minimum atomic E-state index is -0.707. The maximum Gasteiger partial charge on any atom is 0.257 e. The molecule has 1 aromatic rings. The standard InChI is InChI=1S/C14H20FN3O/c1-2-18(10-6-4-3-5-7-10)14(19)11-8-9-17-13(16)12(11)15/h8-10H,2-7H2,1H3,(H2,16,17). The van der Waals surface area contributed by atoms with Gasteiger partial charge in [0.25, 0.3) is 5.91 Å². The van der Waals surface area contributed by atoms with E-state index in [-0.39, 0.29) is 23.3 Å². The number of carbonyl (C=O) groups is 1. The first-order chi connectivity index (χ1) is 9.15. The van der Waals surface area contributed by atoms with Crippen LogP contribution in [-0.4, -0.2) is 28.4 Å². The van der Waals surface area contributed by atoms with E-state index in [2.05, 4.69) is 4.98 Å². The molecule has 19 heavy (non-hydrogen) atoms. The van der Waals surface area contributed by atoms with Crippen molar-refractivity contribution in [1.29, 1.82) is 0 Å². The van der Waals surface area contributed by atoms with Gasteiger partial charge in [-0.15, -0.1) is 0 Å². The number of hydrogen-bond acceptors (Lipinski definition) is 3. The second-order valence-electron chi connectivity index (χ2n) is 4.94. The smallest absolute Gasteiger partial charge is 0.257 e. The lowest BCUT2D eigenvalue weighted by Gasteiger charge is -2.33. The molecule has 1 saturated carbocycles. The van der Waals surface area contributed by atoms with Gasteiger partial charge in [0.05, 0.1) is 5.56 Å². The predicted molar refractivity (Wildman–Crippen MR) is 72.2 cm³/mol. The molecular weight excluding hydrogens is 245 g/mol. The average Bonchev–Trinajstić information content (AvgIpc) is 2.44. The summed E-state index contributed by atoms with van der Waals surface area (Å²) in [5.74, 6) is -1.20. The summed E-state index contributed by atoms with van der Waals surface area (Å²) in [6.07, 6.45) is 6.87. The minimum Gasteiger partial charge on any atom is -0.381 e. The van der Waals surface area contributed by atoms with Crippen molar-refractivity contribution < 1.29 is 9.18 Å². The normalized spacial score (nSPS) is 16.3. The number of amides is 1. The number of nitrogen functional groups attached to an aromatic ring is 1. The topological polar surface area (TPSA) is 59.2 Å². The number of aromatic nitrogens is 1. The first-order valence-corrected chi connectivity index (χ1v) is 6.86. The molecule has 0 aromatic carbocycles. The van der Waals surface area contributed by atoms with E-state index < -0.39 is 5.82 Å². The molecule has 0 unspecified atom stereocenters. The van der Waals surface area contributed by atoms with Gasteiger partial charge in [-0.25, -0.2) is 9.37 Å². The Bertz CT molecular complexity index is 458. The summed E-state index contributed by atoms with van der Waals surface area (Å²) in [5, 5.41) is 0. The summed E-state index contributed by atoms with van der Waals surface area (Å²) in [4.78, 5) is 17.9. The first kappa shape index (κ1) is 13.8. The molecule has 2 rings (SSSR count). The van der Waals surface area contributed by atoms with Crippen LogP contribution in [0.3, 0.4) is 0 Å². The molecule has 0 radical (unpaired) electrons. The molecule has 0 aliphatic heterocycles. The van der Waals surface area contributed by atoms with Gasteiger partial charge < -0.3 is 10.6 Å². The van der Waals surface area contributed by atoms with Crippen molar-refractivity contribution in [1.82, 2.24) is 9.88 Å². The van der Waals surface area contributed by atoms with Crippen LogP contribution in [0.5, 0.6) is 0 Å². The van der Waals surface area contributed by atoms with Gasteiger partial charge in [0.1, 0.15) is 0 Å². The van der Waals surface area contributed by atoms with E-state index in [0.29, 0.717) is 6.54 Å². The van der Waals surface area contributed by atoms with E-state index in [0.717, 1.165) is 25.7 Å². The third-order valence-electron chi connectivity index (χ3n) is 3.76. The molecule has 1 aliphatic rings. The van der Waals surface area contributed by atoms with Crippen molar-refractivity contribution in [3.8, 4) is 0 Å². The van der Waals surface area contributed by atoms with E-state index in [9.17, 15) is 9.18 Å². The maximum absolute atomic E-state index is 13.9. The van der Waals surface area contributed by atoms with Crippen LogP contribution in [0.1, 0.15) is 49.4 Å². The molecular formula is C14H20FN3O. The summed E-state index contributed by atoms with van der Waals surface area (Å²) in [7, 11) is 0. The fourth-order valence-electron chi connectivity index (χ4n) is 2.74. The monoisotopic (exact) mass is 265 g/mol. The van der Waals surface area contributed by atoms with E-state index in [1.807, 2.05) is 6.92 Å². The zero-order valence-electron chi connectivity index (χ0n) is 11.2. The summed E-state index contributed by atoms with van der Waals surface area (Å²) in [6.45, 7) is 2.51. The van der Waals surface area contributed by atoms with E-state index >= 15 is 0 Å². The molecule has 104 valence electrons. The molecule has 0 spiro atoms. The Balaban J connectivity index is 2.22. The highest BCUT2D eigenvalue weighted by Gasteiger charge is 2.27. The van der Waals surface area contributed by atoms with Gasteiger partial charge in [-0.3, -0.25) is 4.79 Å². The highest BCUT2D eigenvalue weighted by Crippen LogP contribution is 2.24. The van der Waals surface area contributed by atoms with Crippen molar-refractivity contribution in [2.75, 3.05) is 12.3 Å². The lowest BCUT2D eigenvalue weighted by atomic mass is 9.93. The van der Waals surface area contributed by atoms with E-state index in [4.69, 9.17) is 5.73 Å². The molecule has 1 aliphatic carbocycles. The summed E-state index contributed by atoms with van der Waals surface area (Å²) in [5.41, 5.74) is 5.45. The van der Waals surface area contributed by atoms with Gasteiger partial charge in [0, 0.05) is 18.8 Å². The zero-order chi connectivity index (χ0) is 13.8. The Morgan fingerprint density at radius 2 is 2.16 bits per heavy atom. The number of carbonyl (C=O) groups excluding carboxylic acids is 1. The summed E-state index contributed by atoms with van der Waals surface area (Å²) >= 11 is 0. The molecule has 0 saturated heterocycles. The quantitative estimate of drug-likeness (QED) is 0.913. The number of hydrogen-bond donors (Lipinski definition) is 1. The van der Waals surface area contributed by atoms with E-state index in [1.54, 1.807) is 4.90 Å². The van der Waals surface area contributed by atoms with Gasteiger partial charge in [0.15, 0.2) is 11.6 Å². The van der Waals surface area contributed by atoms with Crippen LogP contribution in [0.4, 0.5) is 10.2 Å². The van der Waals surface area contributed by atoms with Crippen LogP contribution in [-0.2, 0) is 0 Å². The fraction of sp³-hybridized carbons (Fsp3) is 0.571. The number of nitrogens with two attached hydrogens (primary N) is 1. The fourth-order valence-corrected chi connectivity index (χ4v) is 2.74. The molecule has 1 aromatic heterocycles. The summed E-state index contributed by atoms with van der Waals surface area (Å²) in [6, 6.07) is 1.62. The number of anilines is 1. The molecule has 0 atom stereocenters. The van der Waals surface area contributed by atoms with Gasteiger partial charge in [-0.2, -0.15) is 0 Å². The van der Waals surface area contributed by atoms with Crippen molar-refractivity contribution in [2.45, 2.75) is 45.1 Å². The highest BCUT2D eigenvalue weighted by atomic mass is 19.1. The Kier molecular flexibility index (Phi) is 4.35. The van der Waals surface area contributed by atoms with Gasteiger partial charge in [-0.05, 0) is 25.8 Å². The molecule has 1 amide bonds. The highest BCUT2D eigenvalue weighted by molar-refractivity contribution is 5.95. The largest absolute Gasteiger partial charge is 0.381 e. The molecule has 0 bridgehead atoms. The van der Waals surface area contributed by atoms with Crippen LogP contribution in [0.15, 0.2) is 12.3 Å². The second kappa shape index (κ2) is 5.99. The van der Waals surface area contributed by atoms with Crippen LogP contribution < -0.4 is 5.73 Å². The zero-order valence-corrected chi connectivity index (χ0v) is 11.2. The predicted octanol–water partition coefficient (Wildman–Crippen LogP) is 2.60. The Labute approximate surface area is 112 Å². The molecule has 1 heterocycles. The van der Waals surface area contributed by atoms with Crippen molar-refractivity contribution in [3.05, 3.63) is 23.6 Å². The lowest BCUT2D eigenvalue weighted by molar-refractivity contribution is 0.0643. The molecule has 4 nitrogen and oxygen atoms in total. The van der Waals surface area contributed by atoms with E-state index in [1.165, 1.54) is 18.7 Å². The second-order valence-corrected chi connectivity index (χ2v) is 4.94. The van der Waals surface area contributed by atoms with Crippen LogP contribution in [0, 0.1) is 5.82 Å². The molecule has 1 fully saturated rings. The number of rotatable bonds is 3. The van der Waals surface area contributed by atoms with Gasteiger partial charge in [-0.1, -0.05) is 19.3 Å². The third-order valence-corrected chi connectivity index (χ3v) is 3.76. The van der Waals surface area contributed by atoms with Crippen LogP contribution in [0.25, 0.3) is 0 Å². The number of halogens is 1. The Morgan fingerprint density at radius 1 is 1.47 bits per heavy atom. The number of nitrogens with zero attached hydrogens (tertiary/aromatic N) is 2. The minimum absolute atomic E-state index is 0.0277. The van der Waals surface area contributed by atoms with Gasteiger partial charge >= 0.3 is 0 Å². The third kappa shape index (κ3) is 2.85. The Hall–Kier alpha value is -1.65. The number of pyridine rings is 1.